The maximum atomic E-state index is 12.1. The van der Waals surface area contributed by atoms with Crippen LogP contribution in [-0.4, -0.2) is 25.0 Å². The maximum Gasteiger partial charge on any atom is 0.327 e. The van der Waals surface area contributed by atoms with Gasteiger partial charge in [0.2, 0.25) is 0 Å². The van der Waals surface area contributed by atoms with Crippen LogP contribution in [0.25, 0.3) is 0 Å². The Labute approximate surface area is 148 Å². The number of carbonyl (C=O) groups is 2. The monoisotopic (exact) mass is 340 g/mol. The van der Waals surface area contributed by atoms with Crippen LogP contribution < -0.4 is 10.6 Å². The van der Waals surface area contributed by atoms with Crippen molar-refractivity contribution in [1.29, 1.82) is 0 Å². The summed E-state index contributed by atoms with van der Waals surface area (Å²) in [6, 6.07) is 16.3. The van der Waals surface area contributed by atoms with E-state index in [0.717, 1.165) is 11.1 Å². The molecule has 2 aromatic carbocycles. The highest BCUT2D eigenvalue weighted by Crippen LogP contribution is 2.15. The molecule has 0 radical (unpaired) electrons. The molecule has 132 valence electrons. The van der Waals surface area contributed by atoms with E-state index in [-0.39, 0.29) is 17.9 Å². The Morgan fingerprint density at radius 1 is 1.04 bits per heavy atom. The van der Waals surface area contributed by atoms with E-state index in [2.05, 4.69) is 10.6 Å². The molecule has 1 amide bonds. The summed E-state index contributed by atoms with van der Waals surface area (Å²) in [5, 5.41) is 6.07. The van der Waals surface area contributed by atoms with E-state index in [9.17, 15) is 9.59 Å². The van der Waals surface area contributed by atoms with Crippen molar-refractivity contribution < 1.29 is 14.3 Å². The number of methoxy groups -OCH3 is 1. The summed E-state index contributed by atoms with van der Waals surface area (Å²) in [4.78, 5) is 24.2. The predicted molar refractivity (Wildman–Crippen MR) is 97.1 cm³/mol. The molecule has 0 aliphatic heterocycles. The van der Waals surface area contributed by atoms with Crippen molar-refractivity contribution in [2.45, 2.75) is 32.5 Å². The highest BCUT2D eigenvalue weighted by Gasteiger charge is 2.20. The van der Waals surface area contributed by atoms with Gasteiger partial charge in [0.25, 0.3) is 5.91 Å². The molecule has 1 atom stereocenters. The number of hydrogen-bond donors (Lipinski definition) is 2. The fraction of sp³-hybridized carbons (Fsp3) is 0.300. The van der Waals surface area contributed by atoms with E-state index < -0.39 is 6.04 Å². The van der Waals surface area contributed by atoms with Gasteiger partial charge in [0.1, 0.15) is 6.04 Å². The van der Waals surface area contributed by atoms with Crippen molar-refractivity contribution in [3.8, 4) is 0 Å². The predicted octanol–water partition coefficient (Wildman–Crippen LogP) is 2.83. The second-order valence-corrected chi connectivity index (χ2v) is 6.08. The molecule has 0 heterocycles. The third-order valence-corrected chi connectivity index (χ3v) is 3.69. The standard InChI is InChI=1S/C20H24N2O3/c1-14(2)22-19(23)17-11-7-8-15(12-17)13-21-18(20(24)25-3)16-9-5-4-6-10-16/h4-12,14,18,21H,13H2,1-3H3,(H,22,23)/t18-/m0/s1. The SMILES string of the molecule is COC(=O)[C@@H](NCc1cccc(C(=O)NC(C)C)c1)c1ccccc1. The molecule has 2 N–H and O–H groups in total. The van der Waals surface area contributed by atoms with Crippen LogP contribution in [0.4, 0.5) is 0 Å². The van der Waals surface area contributed by atoms with Gasteiger partial charge in [0, 0.05) is 18.2 Å². The summed E-state index contributed by atoms with van der Waals surface area (Å²) in [5.74, 6) is -0.454. The Hall–Kier alpha value is -2.66. The molecule has 25 heavy (non-hydrogen) atoms. The fourth-order valence-electron chi connectivity index (χ4n) is 2.49. The van der Waals surface area contributed by atoms with Gasteiger partial charge in [0.15, 0.2) is 0 Å². The average molecular weight is 340 g/mol. The Morgan fingerprint density at radius 3 is 2.40 bits per heavy atom. The second kappa shape index (κ2) is 8.99. The molecule has 0 fully saturated rings. The van der Waals surface area contributed by atoms with Gasteiger partial charge in [-0.2, -0.15) is 0 Å². The quantitative estimate of drug-likeness (QED) is 0.761. The van der Waals surface area contributed by atoms with Gasteiger partial charge in [-0.05, 0) is 37.1 Å². The minimum absolute atomic E-state index is 0.0797. The second-order valence-electron chi connectivity index (χ2n) is 6.08. The zero-order chi connectivity index (χ0) is 18.2. The third-order valence-electron chi connectivity index (χ3n) is 3.69. The molecular formula is C20H24N2O3. The van der Waals surface area contributed by atoms with Gasteiger partial charge >= 0.3 is 5.97 Å². The van der Waals surface area contributed by atoms with Gasteiger partial charge < -0.3 is 10.1 Å². The van der Waals surface area contributed by atoms with E-state index in [4.69, 9.17) is 4.74 Å². The lowest BCUT2D eigenvalue weighted by atomic mass is 10.1. The first-order valence-corrected chi connectivity index (χ1v) is 8.27. The Kier molecular flexibility index (Phi) is 6.71. The lowest BCUT2D eigenvalue weighted by Gasteiger charge is -2.17. The number of rotatable bonds is 7. The molecule has 0 spiro atoms. The van der Waals surface area contributed by atoms with E-state index in [1.807, 2.05) is 62.4 Å². The smallest absolute Gasteiger partial charge is 0.327 e. The van der Waals surface area contributed by atoms with E-state index in [1.165, 1.54) is 7.11 Å². The molecular weight excluding hydrogens is 316 g/mol. The minimum atomic E-state index is -0.556. The number of carbonyl (C=O) groups excluding carboxylic acids is 2. The summed E-state index contributed by atoms with van der Waals surface area (Å²) in [7, 11) is 1.37. The Bertz CT molecular complexity index is 714. The molecule has 0 saturated carbocycles. The lowest BCUT2D eigenvalue weighted by Crippen LogP contribution is -2.31. The first-order chi connectivity index (χ1) is 12.0. The summed E-state index contributed by atoms with van der Waals surface area (Å²) in [6.45, 7) is 4.28. The van der Waals surface area contributed by atoms with Crippen LogP contribution in [0.5, 0.6) is 0 Å². The van der Waals surface area contributed by atoms with Crippen molar-refractivity contribution in [3.63, 3.8) is 0 Å². The Balaban J connectivity index is 2.10. The summed E-state index contributed by atoms with van der Waals surface area (Å²) < 4.78 is 4.90. The first-order valence-electron chi connectivity index (χ1n) is 8.27. The van der Waals surface area contributed by atoms with Crippen molar-refractivity contribution in [1.82, 2.24) is 10.6 Å². The van der Waals surface area contributed by atoms with Gasteiger partial charge in [-0.1, -0.05) is 42.5 Å². The minimum Gasteiger partial charge on any atom is -0.468 e. The molecule has 0 aliphatic carbocycles. The van der Waals surface area contributed by atoms with Crippen LogP contribution in [-0.2, 0) is 16.1 Å². The third kappa shape index (κ3) is 5.43. The number of nitrogens with one attached hydrogen (secondary N) is 2. The molecule has 5 heteroatoms. The topological polar surface area (TPSA) is 67.4 Å². The molecule has 0 saturated heterocycles. The van der Waals surface area contributed by atoms with Crippen LogP contribution in [0.1, 0.15) is 41.4 Å². The fourth-order valence-corrected chi connectivity index (χ4v) is 2.49. The molecule has 0 bridgehead atoms. The molecule has 0 aromatic heterocycles. The highest BCUT2D eigenvalue weighted by atomic mass is 16.5. The van der Waals surface area contributed by atoms with Gasteiger partial charge in [-0.25, -0.2) is 4.79 Å². The number of hydrogen-bond acceptors (Lipinski definition) is 4. The first kappa shape index (κ1) is 18.7. The largest absolute Gasteiger partial charge is 0.468 e. The normalized spacial score (nSPS) is 11.8. The van der Waals surface area contributed by atoms with Crippen molar-refractivity contribution >= 4 is 11.9 Å². The van der Waals surface area contributed by atoms with E-state index in [0.29, 0.717) is 12.1 Å². The number of benzene rings is 2. The number of ether oxygens (including phenoxy) is 1. The van der Waals surface area contributed by atoms with Crippen molar-refractivity contribution in [2.24, 2.45) is 0 Å². The highest BCUT2D eigenvalue weighted by molar-refractivity contribution is 5.94. The van der Waals surface area contributed by atoms with E-state index in [1.54, 1.807) is 6.07 Å². The van der Waals surface area contributed by atoms with Gasteiger partial charge in [-0.3, -0.25) is 10.1 Å². The zero-order valence-corrected chi connectivity index (χ0v) is 14.8. The average Bonchev–Trinajstić information content (AvgIpc) is 2.62. The van der Waals surface area contributed by atoms with Crippen LogP contribution >= 0.6 is 0 Å². The molecule has 2 rings (SSSR count). The summed E-state index contributed by atoms with van der Waals surface area (Å²) in [6.07, 6.45) is 0. The van der Waals surface area contributed by atoms with Crippen LogP contribution in [0, 0.1) is 0 Å². The van der Waals surface area contributed by atoms with Crippen LogP contribution in [0.3, 0.4) is 0 Å². The molecule has 2 aromatic rings. The number of esters is 1. The van der Waals surface area contributed by atoms with Crippen LogP contribution in [0.15, 0.2) is 54.6 Å². The Morgan fingerprint density at radius 2 is 1.76 bits per heavy atom. The van der Waals surface area contributed by atoms with Crippen molar-refractivity contribution in [3.05, 3.63) is 71.3 Å². The van der Waals surface area contributed by atoms with Gasteiger partial charge in [-0.15, -0.1) is 0 Å². The van der Waals surface area contributed by atoms with Crippen molar-refractivity contribution in [2.75, 3.05) is 7.11 Å². The zero-order valence-electron chi connectivity index (χ0n) is 14.8. The molecule has 0 unspecified atom stereocenters. The maximum absolute atomic E-state index is 12.1. The van der Waals surface area contributed by atoms with Crippen LogP contribution in [0.2, 0.25) is 0 Å². The lowest BCUT2D eigenvalue weighted by molar-refractivity contribution is -0.143. The van der Waals surface area contributed by atoms with E-state index >= 15 is 0 Å². The molecule has 0 aliphatic rings. The summed E-state index contributed by atoms with van der Waals surface area (Å²) >= 11 is 0. The molecule has 5 nitrogen and oxygen atoms in total. The number of amides is 1. The van der Waals surface area contributed by atoms with Gasteiger partial charge in [0.05, 0.1) is 7.11 Å². The summed E-state index contributed by atoms with van der Waals surface area (Å²) in [5.41, 5.74) is 2.35.